The number of nitrogen functional groups attached to an aromatic ring is 1. The van der Waals surface area contributed by atoms with Crippen LogP contribution in [0, 0.1) is 0 Å². The third kappa shape index (κ3) is 2.67. The van der Waals surface area contributed by atoms with Crippen molar-refractivity contribution in [2.45, 2.75) is 9.79 Å². The van der Waals surface area contributed by atoms with Crippen molar-refractivity contribution in [2.75, 3.05) is 5.73 Å². The van der Waals surface area contributed by atoms with Gasteiger partial charge in [0.2, 0.25) is 0 Å². The van der Waals surface area contributed by atoms with Gasteiger partial charge in [-0.25, -0.2) is 0 Å². The highest BCUT2D eigenvalue weighted by molar-refractivity contribution is 7.99. The third-order valence-electron chi connectivity index (χ3n) is 1.93. The Hall–Kier alpha value is -1.12. The lowest BCUT2D eigenvalue weighted by atomic mass is 10.3. The van der Waals surface area contributed by atoms with E-state index in [1.54, 1.807) is 17.8 Å². The molecule has 0 aliphatic rings. The normalized spacial score (nSPS) is 10.2. The number of rotatable bonds is 2. The summed E-state index contributed by atoms with van der Waals surface area (Å²) in [5.41, 5.74) is 6.32. The monoisotopic (exact) mass is 235 g/mol. The Balaban J connectivity index is 2.25. The van der Waals surface area contributed by atoms with Gasteiger partial charge in [0.15, 0.2) is 0 Å². The Bertz CT molecular complexity index is 456. The number of hydrogen-bond donors (Lipinski definition) is 1. The van der Waals surface area contributed by atoms with Gasteiger partial charge in [0.05, 0.1) is 5.02 Å². The minimum Gasteiger partial charge on any atom is -0.399 e. The van der Waals surface area contributed by atoms with Crippen LogP contribution in [-0.2, 0) is 0 Å². The molecule has 2 aromatic carbocycles. The minimum absolute atomic E-state index is 0.692. The molecule has 0 fully saturated rings. The molecule has 15 heavy (non-hydrogen) atoms. The predicted octanol–water partition coefficient (Wildman–Crippen LogP) is 4.07. The van der Waals surface area contributed by atoms with E-state index in [2.05, 4.69) is 12.1 Å². The fourth-order valence-electron chi connectivity index (χ4n) is 1.22. The van der Waals surface area contributed by atoms with E-state index in [1.165, 1.54) is 4.90 Å². The number of nitrogens with two attached hydrogens (primary N) is 1. The van der Waals surface area contributed by atoms with Gasteiger partial charge in [0, 0.05) is 15.5 Å². The van der Waals surface area contributed by atoms with Gasteiger partial charge in [0.25, 0.3) is 0 Å². The molecular weight excluding hydrogens is 226 g/mol. The Morgan fingerprint density at radius 1 is 1.00 bits per heavy atom. The fourth-order valence-corrected chi connectivity index (χ4v) is 2.36. The Labute approximate surface area is 98.3 Å². The van der Waals surface area contributed by atoms with E-state index >= 15 is 0 Å². The topological polar surface area (TPSA) is 26.0 Å². The molecule has 0 bridgehead atoms. The smallest absolute Gasteiger partial charge is 0.0565 e. The first kappa shape index (κ1) is 10.4. The molecule has 0 spiro atoms. The van der Waals surface area contributed by atoms with Gasteiger partial charge in [-0.2, -0.15) is 0 Å². The van der Waals surface area contributed by atoms with Crippen molar-refractivity contribution in [2.24, 2.45) is 0 Å². The van der Waals surface area contributed by atoms with Gasteiger partial charge in [-0.1, -0.05) is 41.6 Å². The molecule has 0 unspecified atom stereocenters. The molecule has 0 amide bonds. The van der Waals surface area contributed by atoms with Crippen LogP contribution in [0.5, 0.6) is 0 Å². The molecule has 2 rings (SSSR count). The highest BCUT2D eigenvalue weighted by Gasteiger charge is 2.02. The zero-order chi connectivity index (χ0) is 10.7. The van der Waals surface area contributed by atoms with E-state index in [9.17, 15) is 0 Å². The molecule has 76 valence electrons. The molecule has 0 saturated heterocycles. The van der Waals surface area contributed by atoms with Crippen LogP contribution in [0.3, 0.4) is 0 Å². The second kappa shape index (κ2) is 4.60. The van der Waals surface area contributed by atoms with Crippen LogP contribution in [0.2, 0.25) is 5.02 Å². The second-order valence-corrected chi connectivity index (χ2v) is 4.63. The molecule has 3 heteroatoms. The van der Waals surface area contributed by atoms with Crippen LogP contribution in [0.25, 0.3) is 0 Å². The number of benzene rings is 2. The van der Waals surface area contributed by atoms with E-state index in [0.29, 0.717) is 10.7 Å². The maximum atomic E-state index is 6.08. The lowest BCUT2D eigenvalue weighted by Crippen LogP contribution is -1.84. The van der Waals surface area contributed by atoms with Crippen molar-refractivity contribution >= 4 is 29.1 Å². The Morgan fingerprint density at radius 2 is 1.73 bits per heavy atom. The van der Waals surface area contributed by atoms with Crippen LogP contribution in [0.4, 0.5) is 5.69 Å². The van der Waals surface area contributed by atoms with E-state index < -0.39 is 0 Å². The van der Waals surface area contributed by atoms with Gasteiger partial charge in [-0.3, -0.25) is 0 Å². The van der Waals surface area contributed by atoms with Crippen LogP contribution in [-0.4, -0.2) is 0 Å². The summed E-state index contributed by atoms with van der Waals surface area (Å²) in [5.74, 6) is 0. The first-order valence-electron chi connectivity index (χ1n) is 4.53. The van der Waals surface area contributed by atoms with E-state index in [0.717, 1.165) is 4.90 Å². The molecule has 2 aromatic rings. The second-order valence-electron chi connectivity index (χ2n) is 3.10. The van der Waals surface area contributed by atoms with Crippen LogP contribution in [0.15, 0.2) is 58.3 Å². The summed E-state index contributed by atoms with van der Waals surface area (Å²) in [7, 11) is 0. The van der Waals surface area contributed by atoms with Crippen molar-refractivity contribution in [3.05, 3.63) is 53.6 Å². The first-order valence-corrected chi connectivity index (χ1v) is 5.73. The maximum absolute atomic E-state index is 6.08. The zero-order valence-electron chi connectivity index (χ0n) is 7.98. The highest BCUT2D eigenvalue weighted by Crippen LogP contribution is 2.33. The van der Waals surface area contributed by atoms with Gasteiger partial charge < -0.3 is 5.73 Å². The average Bonchev–Trinajstić information content (AvgIpc) is 2.24. The van der Waals surface area contributed by atoms with Crippen molar-refractivity contribution in [3.8, 4) is 0 Å². The molecule has 0 radical (unpaired) electrons. The van der Waals surface area contributed by atoms with Crippen LogP contribution in [0.1, 0.15) is 0 Å². The Kier molecular flexibility index (Phi) is 3.19. The lowest BCUT2D eigenvalue weighted by molar-refractivity contribution is 1.41. The molecule has 0 saturated carbocycles. The van der Waals surface area contributed by atoms with E-state index in [-0.39, 0.29) is 0 Å². The maximum Gasteiger partial charge on any atom is 0.0565 e. The molecular formula is C12H10ClNS. The first-order chi connectivity index (χ1) is 7.25. The summed E-state index contributed by atoms with van der Waals surface area (Å²) in [4.78, 5) is 2.20. The summed E-state index contributed by atoms with van der Waals surface area (Å²) in [6.45, 7) is 0. The lowest BCUT2D eigenvalue weighted by Gasteiger charge is -2.04. The van der Waals surface area contributed by atoms with Crippen molar-refractivity contribution in [3.63, 3.8) is 0 Å². The summed E-state index contributed by atoms with van der Waals surface area (Å²) in [5, 5.41) is 0.698. The molecule has 0 heterocycles. The molecule has 0 aliphatic carbocycles. The fraction of sp³-hybridized carbons (Fsp3) is 0. The Morgan fingerprint density at radius 3 is 2.40 bits per heavy atom. The number of anilines is 1. The largest absolute Gasteiger partial charge is 0.399 e. The SMILES string of the molecule is Nc1ccc(Sc2ccccc2)c(Cl)c1. The van der Waals surface area contributed by atoms with Crippen molar-refractivity contribution < 1.29 is 0 Å². The quantitative estimate of drug-likeness (QED) is 0.794. The summed E-state index contributed by atoms with van der Waals surface area (Å²) in [6.07, 6.45) is 0. The third-order valence-corrected chi connectivity index (χ3v) is 3.44. The van der Waals surface area contributed by atoms with Gasteiger partial charge >= 0.3 is 0 Å². The predicted molar refractivity (Wildman–Crippen MR) is 66.4 cm³/mol. The number of hydrogen-bond acceptors (Lipinski definition) is 2. The van der Waals surface area contributed by atoms with Crippen LogP contribution < -0.4 is 5.73 Å². The van der Waals surface area contributed by atoms with E-state index in [4.69, 9.17) is 17.3 Å². The molecule has 1 nitrogen and oxygen atoms in total. The van der Waals surface area contributed by atoms with Gasteiger partial charge in [-0.05, 0) is 30.3 Å². The summed E-state index contributed by atoms with van der Waals surface area (Å²) >= 11 is 7.71. The minimum atomic E-state index is 0.692. The molecule has 0 aromatic heterocycles. The summed E-state index contributed by atoms with van der Waals surface area (Å²) in [6, 6.07) is 15.7. The number of halogens is 1. The zero-order valence-corrected chi connectivity index (χ0v) is 9.55. The van der Waals surface area contributed by atoms with Gasteiger partial charge in [0.1, 0.15) is 0 Å². The van der Waals surface area contributed by atoms with Gasteiger partial charge in [-0.15, -0.1) is 0 Å². The average molecular weight is 236 g/mol. The summed E-state index contributed by atoms with van der Waals surface area (Å²) < 4.78 is 0. The van der Waals surface area contributed by atoms with Crippen LogP contribution >= 0.6 is 23.4 Å². The highest BCUT2D eigenvalue weighted by atomic mass is 35.5. The molecule has 2 N–H and O–H groups in total. The van der Waals surface area contributed by atoms with Crippen molar-refractivity contribution in [1.29, 1.82) is 0 Å². The van der Waals surface area contributed by atoms with Crippen molar-refractivity contribution in [1.82, 2.24) is 0 Å². The standard InChI is InChI=1S/C12H10ClNS/c13-11-8-9(14)6-7-12(11)15-10-4-2-1-3-5-10/h1-8H,14H2. The molecule has 0 aliphatic heterocycles. The van der Waals surface area contributed by atoms with E-state index in [1.807, 2.05) is 30.3 Å². The molecule has 0 atom stereocenters.